The second kappa shape index (κ2) is 7.24. The number of rotatable bonds is 6. The number of sulfonamides is 1. The number of hydrogen-bond donors (Lipinski definition) is 0. The Bertz CT molecular complexity index is 518. The molecule has 0 bridgehead atoms. The van der Waals surface area contributed by atoms with E-state index in [4.69, 9.17) is 27.9 Å². The molecule has 0 saturated carbocycles. The number of ether oxygens (including phenoxy) is 1. The van der Waals surface area contributed by atoms with Crippen molar-refractivity contribution in [3.05, 3.63) is 28.2 Å². The largest absolute Gasteiger partial charge is 0.383 e. The van der Waals surface area contributed by atoms with Crippen molar-refractivity contribution >= 4 is 49.2 Å². The van der Waals surface area contributed by atoms with Crippen LogP contribution >= 0.6 is 39.1 Å². The molecule has 108 valence electrons. The molecule has 0 heterocycles. The average molecular weight is 391 g/mol. The molecule has 1 aromatic rings. The number of benzene rings is 1. The highest BCUT2D eigenvalue weighted by Gasteiger charge is 2.23. The lowest BCUT2D eigenvalue weighted by Gasteiger charge is -2.20. The van der Waals surface area contributed by atoms with E-state index < -0.39 is 10.0 Å². The molecule has 0 radical (unpaired) electrons. The number of methoxy groups -OCH3 is 1. The van der Waals surface area contributed by atoms with Crippen molar-refractivity contribution in [2.24, 2.45) is 0 Å². The van der Waals surface area contributed by atoms with Gasteiger partial charge in [0.25, 0.3) is 0 Å². The van der Waals surface area contributed by atoms with Gasteiger partial charge in [0.2, 0.25) is 10.0 Å². The molecular weight excluding hydrogens is 377 g/mol. The van der Waals surface area contributed by atoms with Crippen LogP contribution in [0.4, 0.5) is 0 Å². The first-order chi connectivity index (χ1) is 8.77. The van der Waals surface area contributed by atoms with Gasteiger partial charge in [-0.05, 0) is 18.2 Å². The molecule has 0 N–H and O–H groups in total. The fourth-order valence-electron chi connectivity index (χ4n) is 1.47. The smallest absolute Gasteiger partial charge is 0.242 e. The fraction of sp³-hybridized carbons (Fsp3) is 0.455. The van der Waals surface area contributed by atoms with Gasteiger partial charge in [-0.15, -0.1) is 0 Å². The van der Waals surface area contributed by atoms with E-state index in [2.05, 4.69) is 15.9 Å². The highest BCUT2D eigenvalue weighted by atomic mass is 79.9. The van der Waals surface area contributed by atoms with Gasteiger partial charge in [-0.2, -0.15) is 4.31 Å². The normalized spacial score (nSPS) is 13.8. The maximum Gasteiger partial charge on any atom is 0.242 e. The number of alkyl halides is 1. The van der Waals surface area contributed by atoms with Crippen LogP contribution in [0.25, 0.3) is 0 Å². The quantitative estimate of drug-likeness (QED) is 0.701. The summed E-state index contributed by atoms with van der Waals surface area (Å²) >= 11 is 15.0. The predicted octanol–water partition coefficient (Wildman–Crippen LogP) is 3.02. The molecule has 0 aliphatic heterocycles. The number of halogens is 3. The molecule has 0 fully saturated rings. The average Bonchev–Trinajstić information content (AvgIpc) is 2.27. The minimum atomic E-state index is -3.62. The Morgan fingerprint density at radius 3 is 2.32 bits per heavy atom. The number of nitrogens with zero attached hydrogens (tertiary/aromatic N) is 1. The zero-order valence-corrected chi connectivity index (χ0v) is 14.4. The highest BCUT2D eigenvalue weighted by molar-refractivity contribution is 9.09. The van der Waals surface area contributed by atoms with Crippen LogP contribution in [0.5, 0.6) is 0 Å². The van der Waals surface area contributed by atoms with Crippen LogP contribution in [-0.2, 0) is 14.8 Å². The first-order valence-corrected chi connectivity index (χ1v) is 8.44. The lowest BCUT2D eigenvalue weighted by Crippen LogP contribution is -2.33. The number of hydrogen-bond acceptors (Lipinski definition) is 3. The Morgan fingerprint density at radius 2 is 1.84 bits per heavy atom. The highest BCUT2D eigenvalue weighted by Crippen LogP contribution is 2.24. The van der Waals surface area contributed by atoms with Crippen LogP contribution in [0, 0.1) is 0 Å². The van der Waals surface area contributed by atoms with Gasteiger partial charge >= 0.3 is 0 Å². The topological polar surface area (TPSA) is 46.6 Å². The summed E-state index contributed by atoms with van der Waals surface area (Å²) in [6, 6.07) is 4.23. The fourth-order valence-corrected chi connectivity index (χ4v) is 4.30. The molecule has 1 atom stereocenters. The van der Waals surface area contributed by atoms with E-state index in [0.29, 0.717) is 6.61 Å². The van der Waals surface area contributed by atoms with Crippen LogP contribution < -0.4 is 0 Å². The molecule has 0 saturated heterocycles. The molecular formula is C11H14BrCl2NO3S. The Kier molecular flexibility index (Phi) is 6.56. The third kappa shape index (κ3) is 4.88. The standard InChI is InChI=1S/C11H14BrCl2NO3S/c1-15(6-8(12)7-18-2)19(16,17)11-4-9(13)3-10(14)5-11/h3-5,8H,6-7H2,1-2H3. The summed E-state index contributed by atoms with van der Waals surface area (Å²) < 4.78 is 30.8. The second-order valence-corrected chi connectivity index (χ2v) is 8.16. The molecule has 19 heavy (non-hydrogen) atoms. The van der Waals surface area contributed by atoms with Crippen molar-refractivity contribution in [1.29, 1.82) is 0 Å². The molecule has 1 rings (SSSR count). The van der Waals surface area contributed by atoms with Crippen molar-refractivity contribution in [3.8, 4) is 0 Å². The monoisotopic (exact) mass is 389 g/mol. The summed E-state index contributed by atoms with van der Waals surface area (Å²) in [6.45, 7) is 0.691. The zero-order valence-electron chi connectivity index (χ0n) is 10.4. The minimum Gasteiger partial charge on any atom is -0.383 e. The van der Waals surface area contributed by atoms with Crippen LogP contribution in [-0.4, -0.2) is 44.9 Å². The van der Waals surface area contributed by atoms with Gasteiger partial charge in [-0.3, -0.25) is 0 Å². The first-order valence-electron chi connectivity index (χ1n) is 5.33. The Hall–Kier alpha value is 0.150. The maximum atomic E-state index is 12.3. The summed E-state index contributed by atoms with van der Waals surface area (Å²) in [6.07, 6.45) is 0. The van der Waals surface area contributed by atoms with Gasteiger partial charge in [0.15, 0.2) is 0 Å². The van der Waals surface area contributed by atoms with Gasteiger partial charge in [0.1, 0.15) is 0 Å². The third-order valence-electron chi connectivity index (χ3n) is 2.35. The molecule has 0 aromatic heterocycles. The predicted molar refractivity (Wildman–Crippen MR) is 80.9 cm³/mol. The van der Waals surface area contributed by atoms with E-state index in [-0.39, 0.29) is 26.3 Å². The van der Waals surface area contributed by atoms with Crippen molar-refractivity contribution in [2.75, 3.05) is 27.3 Å². The van der Waals surface area contributed by atoms with E-state index >= 15 is 0 Å². The molecule has 1 aromatic carbocycles. The van der Waals surface area contributed by atoms with Gasteiger partial charge in [-0.25, -0.2) is 8.42 Å². The molecule has 0 aliphatic carbocycles. The van der Waals surface area contributed by atoms with Gasteiger partial charge in [-0.1, -0.05) is 39.1 Å². The minimum absolute atomic E-state index is 0.0737. The van der Waals surface area contributed by atoms with Crippen molar-refractivity contribution in [1.82, 2.24) is 4.31 Å². The van der Waals surface area contributed by atoms with Gasteiger partial charge in [0.05, 0.1) is 16.3 Å². The summed E-state index contributed by atoms with van der Waals surface area (Å²) in [4.78, 5) is -0.0171. The molecule has 4 nitrogen and oxygen atoms in total. The Morgan fingerprint density at radius 1 is 1.32 bits per heavy atom. The summed E-state index contributed by atoms with van der Waals surface area (Å²) in [5, 5.41) is 0.568. The third-order valence-corrected chi connectivity index (χ3v) is 5.14. The van der Waals surface area contributed by atoms with E-state index in [1.807, 2.05) is 0 Å². The lowest BCUT2D eigenvalue weighted by molar-refractivity contribution is 0.195. The molecule has 0 amide bonds. The maximum absolute atomic E-state index is 12.3. The molecule has 8 heteroatoms. The molecule has 0 spiro atoms. The van der Waals surface area contributed by atoms with Crippen LogP contribution in [0.15, 0.2) is 23.1 Å². The van der Waals surface area contributed by atoms with E-state index in [1.165, 1.54) is 29.6 Å². The van der Waals surface area contributed by atoms with Crippen molar-refractivity contribution < 1.29 is 13.2 Å². The van der Waals surface area contributed by atoms with Crippen LogP contribution in [0.2, 0.25) is 10.0 Å². The van der Waals surface area contributed by atoms with E-state index in [0.717, 1.165) is 0 Å². The SMILES string of the molecule is COCC(Br)CN(C)S(=O)(=O)c1cc(Cl)cc(Cl)c1. The van der Waals surface area contributed by atoms with Gasteiger partial charge in [0, 0.05) is 30.7 Å². The summed E-state index contributed by atoms with van der Waals surface area (Å²) in [5.41, 5.74) is 0. The van der Waals surface area contributed by atoms with Gasteiger partial charge < -0.3 is 4.74 Å². The van der Waals surface area contributed by atoms with Crippen LogP contribution in [0.1, 0.15) is 0 Å². The molecule has 1 unspecified atom stereocenters. The first kappa shape index (κ1) is 17.2. The summed E-state index contributed by atoms with van der Waals surface area (Å²) in [5.74, 6) is 0. The lowest BCUT2D eigenvalue weighted by atomic mass is 10.4. The Labute approximate surface area is 131 Å². The van der Waals surface area contributed by atoms with E-state index in [1.54, 1.807) is 7.11 Å². The van der Waals surface area contributed by atoms with E-state index in [9.17, 15) is 8.42 Å². The second-order valence-electron chi connectivity index (χ2n) is 3.94. The van der Waals surface area contributed by atoms with Crippen molar-refractivity contribution in [2.45, 2.75) is 9.72 Å². The molecule has 0 aliphatic rings. The van der Waals surface area contributed by atoms with Crippen molar-refractivity contribution in [3.63, 3.8) is 0 Å². The van der Waals surface area contributed by atoms with Crippen LogP contribution in [0.3, 0.4) is 0 Å². The summed E-state index contributed by atoms with van der Waals surface area (Å²) in [7, 11) is -0.569. The zero-order chi connectivity index (χ0) is 14.6. The Balaban J connectivity index is 2.96.